The van der Waals surface area contributed by atoms with Gasteiger partial charge in [-0.05, 0) is 30.9 Å². The summed E-state index contributed by atoms with van der Waals surface area (Å²) in [6.45, 7) is 4.64. The molecule has 28 heavy (non-hydrogen) atoms. The van der Waals surface area contributed by atoms with E-state index in [-0.39, 0.29) is 6.85 Å². The van der Waals surface area contributed by atoms with Crippen LogP contribution in [-0.4, -0.2) is 6.85 Å². The number of fused-ring (bicyclic) bond motifs is 3. The van der Waals surface area contributed by atoms with E-state index >= 15 is 0 Å². The Balaban J connectivity index is 1.64. The molecule has 0 spiro atoms. The Labute approximate surface area is 164 Å². The molecule has 4 aromatic rings. The van der Waals surface area contributed by atoms with Gasteiger partial charge in [-0.25, -0.2) is 4.57 Å². The van der Waals surface area contributed by atoms with Crippen LogP contribution < -0.4 is 20.0 Å². The highest BCUT2D eigenvalue weighted by molar-refractivity contribution is 6.77. The van der Waals surface area contributed by atoms with E-state index in [0.29, 0.717) is 0 Å². The molecule has 2 aromatic heterocycles. The van der Waals surface area contributed by atoms with Crippen molar-refractivity contribution in [2.75, 3.05) is 4.81 Å². The molecule has 3 heterocycles. The van der Waals surface area contributed by atoms with E-state index < -0.39 is 0 Å². The molecular formula is C24H22BN2O+. The van der Waals surface area contributed by atoms with Gasteiger partial charge in [-0.2, -0.15) is 0 Å². The number of anilines is 1. The normalized spacial score (nSPS) is 13.2. The Morgan fingerprint density at radius 1 is 1.00 bits per heavy atom. The average Bonchev–Trinajstić information content (AvgIpc) is 3.07. The highest BCUT2D eigenvalue weighted by Gasteiger charge is 2.30. The van der Waals surface area contributed by atoms with E-state index in [0.717, 1.165) is 16.8 Å². The lowest BCUT2D eigenvalue weighted by Gasteiger charge is -2.20. The van der Waals surface area contributed by atoms with Gasteiger partial charge in [0, 0.05) is 22.2 Å². The van der Waals surface area contributed by atoms with E-state index in [1.165, 1.54) is 27.3 Å². The summed E-state index contributed by atoms with van der Waals surface area (Å²) < 4.78 is 8.31. The second-order valence-electron chi connectivity index (χ2n) is 7.53. The minimum Gasteiger partial charge on any atom is -0.452 e. The number of nitrogens with zero attached hydrogens (tertiary/aromatic N) is 2. The fourth-order valence-electron chi connectivity index (χ4n) is 4.10. The third-order valence-corrected chi connectivity index (χ3v) is 5.57. The van der Waals surface area contributed by atoms with Gasteiger partial charge in [-0.3, -0.25) is 4.81 Å². The Morgan fingerprint density at radius 3 is 2.57 bits per heavy atom. The van der Waals surface area contributed by atoms with Crippen LogP contribution in [0.15, 0.2) is 71.3 Å². The van der Waals surface area contributed by atoms with E-state index in [4.69, 9.17) is 4.42 Å². The molecule has 0 radical (unpaired) electrons. The molecule has 0 unspecified atom stereocenters. The highest BCUT2D eigenvalue weighted by atomic mass is 16.3. The summed E-state index contributed by atoms with van der Waals surface area (Å²) in [6, 6.07) is 21.0. The van der Waals surface area contributed by atoms with E-state index in [1.807, 2.05) is 12.1 Å². The molecule has 1 aliphatic rings. The first-order valence-corrected chi connectivity index (χ1v) is 9.67. The summed E-state index contributed by atoms with van der Waals surface area (Å²) in [5.74, 6) is 3.44. The van der Waals surface area contributed by atoms with Crippen LogP contribution in [0, 0.1) is 6.92 Å². The van der Waals surface area contributed by atoms with Crippen molar-refractivity contribution in [2.45, 2.75) is 13.7 Å². The quantitative estimate of drug-likeness (QED) is 0.401. The van der Waals surface area contributed by atoms with Gasteiger partial charge in [-0.1, -0.05) is 54.5 Å². The van der Waals surface area contributed by atoms with Crippen molar-refractivity contribution < 1.29 is 8.98 Å². The fourth-order valence-corrected chi connectivity index (χ4v) is 4.10. The van der Waals surface area contributed by atoms with Gasteiger partial charge in [0.1, 0.15) is 11.8 Å². The van der Waals surface area contributed by atoms with Crippen molar-refractivity contribution >= 4 is 35.8 Å². The van der Waals surface area contributed by atoms with Crippen molar-refractivity contribution in [2.24, 2.45) is 7.05 Å². The number of hydrogen-bond acceptors (Lipinski definition) is 2. The van der Waals surface area contributed by atoms with Gasteiger partial charge < -0.3 is 4.42 Å². The Morgan fingerprint density at radius 2 is 1.75 bits per heavy atom. The van der Waals surface area contributed by atoms with E-state index in [9.17, 15) is 0 Å². The molecule has 136 valence electrons. The zero-order valence-electron chi connectivity index (χ0n) is 16.4. The molecule has 0 saturated heterocycles. The van der Waals surface area contributed by atoms with Gasteiger partial charge in [0.25, 0.3) is 5.82 Å². The molecule has 0 aliphatic carbocycles. The van der Waals surface area contributed by atoms with Crippen LogP contribution in [0.4, 0.5) is 5.82 Å². The van der Waals surface area contributed by atoms with Gasteiger partial charge >= 0.3 is 6.85 Å². The first kappa shape index (κ1) is 16.9. The van der Waals surface area contributed by atoms with Crippen LogP contribution in [0.2, 0.25) is 6.82 Å². The third kappa shape index (κ3) is 2.64. The SMILES string of the molecule is CB1C=c2c(oc3ccccc23)=CN1c1cc(C)c(-c2ccccc2)c[n+]1C. The van der Waals surface area contributed by atoms with Gasteiger partial charge in [0.2, 0.25) is 0 Å². The predicted molar refractivity (Wildman–Crippen MR) is 116 cm³/mol. The van der Waals surface area contributed by atoms with Gasteiger partial charge in [0.05, 0.1) is 13.2 Å². The second kappa shape index (κ2) is 6.41. The molecule has 2 aromatic carbocycles. The fraction of sp³-hybridized carbons (Fsp3) is 0.125. The Kier molecular flexibility index (Phi) is 3.87. The monoisotopic (exact) mass is 365 g/mol. The maximum absolute atomic E-state index is 6.12. The van der Waals surface area contributed by atoms with Gasteiger partial charge in [0.15, 0.2) is 5.42 Å². The summed E-state index contributed by atoms with van der Waals surface area (Å²) in [5.41, 5.74) is 5.61. The van der Waals surface area contributed by atoms with Crippen LogP contribution in [0.3, 0.4) is 0 Å². The van der Waals surface area contributed by atoms with Crippen molar-refractivity contribution in [3.05, 3.63) is 83.1 Å². The lowest BCUT2D eigenvalue weighted by molar-refractivity contribution is -0.657. The molecule has 0 atom stereocenters. The molecule has 3 nitrogen and oxygen atoms in total. The Hall–Kier alpha value is -3.27. The van der Waals surface area contributed by atoms with Crippen LogP contribution in [0.25, 0.3) is 34.3 Å². The maximum Gasteiger partial charge on any atom is 0.402 e. The lowest BCUT2D eigenvalue weighted by atomic mass is 9.61. The zero-order valence-corrected chi connectivity index (χ0v) is 16.4. The topological polar surface area (TPSA) is 20.3 Å². The number of pyridine rings is 1. The summed E-state index contributed by atoms with van der Waals surface area (Å²) in [6.07, 6.45) is 4.35. The number of aromatic nitrogens is 1. The number of aryl methyl sites for hydroxylation is 2. The standard InChI is InChI=1S/C24H22BN2O/c1-17-13-24(26(3)15-21(17)18-9-5-4-6-10-18)27-16-23-20(14-25(27)2)19-11-7-8-12-22(19)28-23/h4-16H,1-3H3/q+1. The van der Waals surface area contributed by atoms with E-state index in [1.54, 1.807) is 0 Å². The molecule has 0 bridgehead atoms. The molecular weight excluding hydrogens is 343 g/mol. The smallest absolute Gasteiger partial charge is 0.402 e. The summed E-state index contributed by atoms with van der Waals surface area (Å²) >= 11 is 0. The minimum absolute atomic E-state index is 0.238. The molecule has 0 fully saturated rings. The zero-order chi connectivity index (χ0) is 19.3. The predicted octanol–water partition coefficient (Wildman–Crippen LogP) is 3.43. The molecule has 0 amide bonds. The number of furan rings is 1. The largest absolute Gasteiger partial charge is 0.452 e. The number of para-hydroxylation sites is 1. The summed E-state index contributed by atoms with van der Waals surface area (Å²) in [4.78, 5) is 2.28. The van der Waals surface area contributed by atoms with Crippen molar-refractivity contribution in [3.8, 4) is 11.1 Å². The van der Waals surface area contributed by atoms with Crippen LogP contribution >= 0.6 is 0 Å². The minimum atomic E-state index is 0.238. The number of benzene rings is 2. The molecule has 1 aliphatic heterocycles. The number of hydrogen-bond donors (Lipinski definition) is 0. The molecule has 0 saturated carbocycles. The average molecular weight is 365 g/mol. The number of rotatable bonds is 2. The van der Waals surface area contributed by atoms with E-state index in [2.05, 4.69) is 97.1 Å². The van der Waals surface area contributed by atoms with Crippen molar-refractivity contribution in [1.82, 2.24) is 0 Å². The third-order valence-electron chi connectivity index (χ3n) is 5.57. The summed E-state index contributed by atoms with van der Waals surface area (Å²) in [5, 5.41) is 2.37. The first-order chi connectivity index (χ1) is 13.6. The summed E-state index contributed by atoms with van der Waals surface area (Å²) in [7, 11) is 2.11. The van der Waals surface area contributed by atoms with Crippen molar-refractivity contribution in [1.29, 1.82) is 0 Å². The maximum atomic E-state index is 6.12. The van der Waals surface area contributed by atoms with Crippen LogP contribution in [0.1, 0.15) is 5.56 Å². The van der Waals surface area contributed by atoms with Crippen LogP contribution in [-0.2, 0) is 7.05 Å². The van der Waals surface area contributed by atoms with Gasteiger partial charge in [-0.15, -0.1) is 0 Å². The van der Waals surface area contributed by atoms with Crippen molar-refractivity contribution in [3.63, 3.8) is 0 Å². The lowest BCUT2D eigenvalue weighted by Crippen LogP contribution is -2.47. The second-order valence-corrected chi connectivity index (χ2v) is 7.53. The molecule has 5 rings (SSSR count). The highest BCUT2D eigenvalue weighted by Crippen LogP contribution is 2.25. The van der Waals surface area contributed by atoms with Crippen LogP contribution in [0.5, 0.6) is 0 Å². The molecule has 4 heteroatoms. The first-order valence-electron chi connectivity index (χ1n) is 9.67. The Bertz CT molecular complexity index is 1310. The molecule has 0 N–H and O–H groups in total.